The van der Waals surface area contributed by atoms with Gasteiger partial charge >= 0.3 is 0 Å². The van der Waals surface area contributed by atoms with Crippen molar-refractivity contribution >= 4 is 5.91 Å². The first kappa shape index (κ1) is 17.5. The molecule has 1 unspecified atom stereocenters. The van der Waals surface area contributed by atoms with Gasteiger partial charge in [-0.25, -0.2) is 0 Å². The molecule has 25 heavy (non-hydrogen) atoms. The fourth-order valence-corrected chi connectivity index (χ4v) is 3.41. The van der Waals surface area contributed by atoms with Crippen molar-refractivity contribution in [2.75, 3.05) is 6.61 Å². The van der Waals surface area contributed by atoms with E-state index in [-0.39, 0.29) is 18.6 Å². The molecule has 0 bridgehead atoms. The van der Waals surface area contributed by atoms with Crippen molar-refractivity contribution in [2.24, 2.45) is 0 Å². The van der Waals surface area contributed by atoms with E-state index in [9.17, 15) is 4.79 Å². The summed E-state index contributed by atoms with van der Waals surface area (Å²) in [4.78, 5) is 12.3. The van der Waals surface area contributed by atoms with Crippen LogP contribution in [0.5, 0.6) is 5.75 Å². The molecule has 0 aromatic heterocycles. The Balaban J connectivity index is 1.59. The zero-order valence-electron chi connectivity index (χ0n) is 15.2. The molecule has 1 aliphatic carbocycles. The van der Waals surface area contributed by atoms with Crippen LogP contribution in [-0.4, -0.2) is 12.5 Å². The molecule has 2 aromatic carbocycles. The molecule has 1 aliphatic rings. The minimum absolute atomic E-state index is 0.0429. The van der Waals surface area contributed by atoms with Gasteiger partial charge in [0, 0.05) is 0 Å². The van der Waals surface area contributed by atoms with Crippen molar-refractivity contribution in [1.29, 1.82) is 0 Å². The van der Waals surface area contributed by atoms with Crippen molar-refractivity contribution in [2.45, 2.75) is 52.0 Å². The number of rotatable bonds is 6. The summed E-state index contributed by atoms with van der Waals surface area (Å²) in [5.74, 6) is 0.646. The van der Waals surface area contributed by atoms with E-state index < -0.39 is 0 Å². The van der Waals surface area contributed by atoms with Gasteiger partial charge in [0.05, 0.1) is 6.04 Å². The van der Waals surface area contributed by atoms with E-state index in [4.69, 9.17) is 4.74 Å². The lowest BCUT2D eigenvalue weighted by Crippen LogP contribution is -2.32. The summed E-state index contributed by atoms with van der Waals surface area (Å²) in [6.07, 6.45) is 5.77. The molecule has 0 radical (unpaired) electrons. The van der Waals surface area contributed by atoms with Gasteiger partial charge in [0.15, 0.2) is 6.61 Å². The van der Waals surface area contributed by atoms with E-state index in [1.165, 1.54) is 41.5 Å². The van der Waals surface area contributed by atoms with Crippen LogP contribution < -0.4 is 10.1 Å². The molecule has 0 saturated carbocycles. The molecule has 132 valence electrons. The van der Waals surface area contributed by atoms with E-state index in [1.807, 2.05) is 31.2 Å². The minimum Gasteiger partial charge on any atom is -0.484 e. The van der Waals surface area contributed by atoms with E-state index in [0.717, 1.165) is 18.6 Å². The Morgan fingerprint density at radius 3 is 2.52 bits per heavy atom. The molecule has 1 amide bonds. The fourth-order valence-electron chi connectivity index (χ4n) is 3.41. The molecule has 1 atom stereocenters. The smallest absolute Gasteiger partial charge is 0.258 e. The Hall–Kier alpha value is -2.29. The average molecular weight is 337 g/mol. The molecule has 0 saturated heterocycles. The molecule has 0 fully saturated rings. The van der Waals surface area contributed by atoms with Crippen LogP contribution in [0.1, 0.15) is 54.5 Å². The Kier molecular flexibility index (Phi) is 5.75. The molecule has 1 N–H and O–H groups in total. The van der Waals surface area contributed by atoms with Crippen LogP contribution in [0.2, 0.25) is 0 Å². The summed E-state index contributed by atoms with van der Waals surface area (Å²) in [7, 11) is 0. The lowest BCUT2D eigenvalue weighted by Gasteiger charge is -2.21. The van der Waals surface area contributed by atoms with E-state index in [0.29, 0.717) is 0 Å². The molecular formula is C22H27NO2. The number of hydrogen-bond donors (Lipinski definition) is 1. The monoisotopic (exact) mass is 337 g/mol. The fraction of sp³-hybridized carbons (Fsp3) is 0.409. The van der Waals surface area contributed by atoms with Crippen LogP contribution in [0.3, 0.4) is 0 Å². The highest BCUT2D eigenvalue weighted by molar-refractivity contribution is 5.78. The number of hydrogen-bond acceptors (Lipinski definition) is 2. The number of benzene rings is 2. The minimum atomic E-state index is -0.0786. The second kappa shape index (κ2) is 8.19. The molecule has 0 spiro atoms. The van der Waals surface area contributed by atoms with Crippen molar-refractivity contribution in [3.8, 4) is 5.75 Å². The Bertz CT molecular complexity index is 721. The second-order valence-corrected chi connectivity index (χ2v) is 6.87. The Morgan fingerprint density at radius 2 is 1.80 bits per heavy atom. The average Bonchev–Trinajstić information content (AvgIpc) is 2.65. The standard InChI is InChI=1S/C22H27NO2/c1-3-21(19-11-10-17-6-4-5-7-18(17)14-19)23-22(24)15-25-20-12-8-16(2)9-13-20/h8-14,21H,3-7,15H2,1-2H3,(H,23,24). The normalized spacial score (nSPS) is 14.5. The van der Waals surface area contributed by atoms with Crippen LogP contribution in [0, 0.1) is 6.92 Å². The van der Waals surface area contributed by atoms with Gasteiger partial charge < -0.3 is 10.1 Å². The summed E-state index contributed by atoms with van der Waals surface area (Å²) < 4.78 is 5.58. The topological polar surface area (TPSA) is 38.3 Å². The predicted octanol–water partition coefficient (Wildman–Crippen LogP) is 4.52. The van der Waals surface area contributed by atoms with E-state index in [1.54, 1.807) is 0 Å². The number of aryl methyl sites for hydroxylation is 3. The van der Waals surface area contributed by atoms with Crippen LogP contribution in [-0.2, 0) is 17.6 Å². The van der Waals surface area contributed by atoms with Crippen LogP contribution in [0.4, 0.5) is 0 Å². The highest BCUT2D eigenvalue weighted by Gasteiger charge is 2.16. The van der Waals surface area contributed by atoms with Crippen molar-refractivity contribution in [3.05, 3.63) is 64.7 Å². The maximum Gasteiger partial charge on any atom is 0.258 e. The number of ether oxygens (including phenoxy) is 1. The summed E-state index contributed by atoms with van der Waals surface area (Å²) in [6, 6.07) is 14.5. The molecule has 2 aromatic rings. The van der Waals surface area contributed by atoms with Gasteiger partial charge in [0.2, 0.25) is 0 Å². The van der Waals surface area contributed by atoms with Crippen LogP contribution >= 0.6 is 0 Å². The first-order valence-electron chi connectivity index (χ1n) is 9.26. The van der Waals surface area contributed by atoms with Gasteiger partial charge in [0.1, 0.15) is 5.75 Å². The number of amides is 1. The lowest BCUT2D eigenvalue weighted by atomic mass is 9.89. The van der Waals surface area contributed by atoms with Crippen molar-refractivity contribution in [1.82, 2.24) is 5.32 Å². The molecule has 3 rings (SSSR count). The van der Waals surface area contributed by atoms with Gasteiger partial charge in [-0.05, 0) is 67.9 Å². The maximum atomic E-state index is 12.3. The maximum absolute atomic E-state index is 12.3. The third-order valence-corrected chi connectivity index (χ3v) is 4.91. The largest absolute Gasteiger partial charge is 0.484 e. The molecule has 3 heteroatoms. The molecule has 3 nitrogen and oxygen atoms in total. The zero-order valence-corrected chi connectivity index (χ0v) is 15.2. The van der Waals surface area contributed by atoms with Gasteiger partial charge in [-0.1, -0.05) is 42.8 Å². The Morgan fingerprint density at radius 1 is 1.08 bits per heavy atom. The highest BCUT2D eigenvalue weighted by atomic mass is 16.5. The number of nitrogens with one attached hydrogen (secondary N) is 1. The molecular weight excluding hydrogens is 310 g/mol. The van der Waals surface area contributed by atoms with Crippen LogP contribution in [0.25, 0.3) is 0 Å². The van der Waals surface area contributed by atoms with Gasteiger partial charge in [0.25, 0.3) is 5.91 Å². The second-order valence-electron chi connectivity index (χ2n) is 6.87. The molecule has 0 aliphatic heterocycles. The third kappa shape index (κ3) is 4.62. The quantitative estimate of drug-likeness (QED) is 0.841. The van der Waals surface area contributed by atoms with E-state index >= 15 is 0 Å². The first-order valence-corrected chi connectivity index (χ1v) is 9.26. The highest BCUT2D eigenvalue weighted by Crippen LogP contribution is 2.26. The van der Waals surface area contributed by atoms with Gasteiger partial charge in [-0.15, -0.1) is 0 Å². The third-order valence-electron chi connectivity index (χ3n) is 4.91. The summed E-state index contributed by atoms with van der Waals surface area (Å²) in [5, 5.41) is 3.11. The van der Waals surface area contributed by atoms with Crippen LogP contribution in [0.15, 0.2) is 42.5 Å². The summed E-state index contributed by atoms with van der Waals surface area (Å²) in [5.41, 5.74) is 5.30. The number of fused-ring (bicyclic) bond motifs is 1. The summed E-state index contributed by atoms with van der Waals surface area (Å²) in [6.45, 7) is 4.18. The van der Waals surface area contributed by atoms with Gasteiger partial charge in [-0.3, -0.25) is 4.79 Å². The Labute approximate surface area is 150 Å². The first-order chi connectivity index (χ1) is 12.2. The lowest BCUT2D eigenvalue weighted by molar-refractivity contribution is -0.123. The van der Waals surface area contributed by atoms with Gasteiger partial charge in [-0.2, -0.15) is 0 Å². The van der Waals surface area contributed by atoms with E-state index in [2.05, 4.69) is 30.4 Å². The SMILES string of the molecule is CCC(NC(=O)COc1ccc(C)cc1)c1ccc2c(c1)CCCC2. The van der Waals surface area contributed by atoms with Crippen molar-refractivity contribution in [3.63, 3.8) is 0 Å². The number of carbonyl (C=O) groups is 1. The summed E-state index contributed by atoms with van der Waals surface area (Å²) >= 11 is 0. The zero-order chi connectivity index (χ0) is 17.6. The van der Waals surface area contributed by atoms with Crippen molar-refractivity contribution < 1.29 is 9.53 Å². The molecule has 0 heterocycles. The predicted molar refractivity (Wildman–Crippen MR) is 101 cm³/mol. The number of carbonyl (C=O) groups excluding carboxylic acids is 1.